The summed E-state index contributed by atoms with van der Waals surface area (Å²) in [5, 5.41) is 11.9. The van der Waals surface area contributed by atoms with Crippen molar-refractivity contribution in [3.8, 4) is 6.07 Å². The Balaban J connectivity index is 1.97. The van der Waals surface area contributed by atoms with Crippen LogP contribution in [0.25, 0.3) is 0 Å². The third kappa shape index (κ3) is 3.64. The Morgan fingerprint density at radius 3 is 2.80 bits per heavy atom. The molecule has 0 aromatic heterocycles. The van der Waals surface area contributed by atoms with Crippen molar-refractivity contribution in [2.75, 3.05) is 25.1 Å². The number of benzene rings is 1. The molecule has 2 rings (SSSR count). The number of anilines is 1. The Labute approximate surface area is 115 Å². The van der Waals surface area contributed by atoms with E-state index in [1.54, 1.807) is 6.07 Å². The third-order valence-corrected chi connectivity index (χ3v) is 3.35. The van der Waals surface area contributed by atoms with Gasteiger partial charge in [-0.05, 0) is 37.0 Å². The first kappa shape index (κ1) is 14.7. The quantitative estimate of drug-likeness (QED) is 0.921. The molecular formula is C14H15F3N2O. The van der Waals surface area contributed by atoms with Gasteiger partial charge in [0.15, 0.2) is 0 Å². The van der Waals surface area contributed by atoms with Crippen LogP contribution in [0.15, 0.2) is 18.2 Å². The lowest BCUT2D eigenvalue weighted by Gasteiger charge is -2.12. The van der Waals surface area contributed by atoms with Gasteiger partial charge in [-0.15, -0.1) is 0 Å². The minimum absolute atomic E-state index is 0.355. The first-order valence-corrected chi connectivity index (χ1v) is 6.43. The summed E-state index contributed by atoms with van der Waals surface area (Å²) in [6.45, 7) is 2.19. The number of hydrogen-bond donors (Lipinski definition) is 1. The second-order valence-electron chi connectivity index (χ2n) is 4.81. The number of nitrogens with zero attached hydrogens (tertiary/aromatic N) is 1. The van der Waals surface area contributed by atoms with Gasteiger partial charge < -0.3 is 10.1 Å². The average Bonchev–Trinajstić information content (AvgIpc) is 2.90. The smallest absolute Gasteiger partial charge is 0.385 e. The van der Waals surface area contributed by atoms with Crippen LogP contribution in [0.3, 0.4) is 0 Å². The number of halogens is 3. The molecule has 0 aliphatic carbocycles. The minimum Gasteiger partial charge on any atom is -0.385 e. The highest BCUT2D eigenvalue weighted by molar-refractivity contribution is 5.53. The van der Waals surface area contributed by atoms with Crippen LogP contribution >= 0.6 is 0 Å². The van der Waals surface area contributed by atoms with Crippen molar-refractivity contribution in [3.63, 3.8) is 0 Å². The first-order chi connectivity index (χ1) is 9.50. The van der Waals surface area contributed by atoms with E-state index in [0.717, 1.165) is 32.1 Å². The Bertz CT molecular complexity index is 502. The van der Waals surface area contributed by atoms with Crippen LogP contribution in [-0.4, -0.2) is 19.8 Å². The van der Waals surface area contributed by atoms with Crippen molar-refractivity contribution in [3.05, 3.63) is 29.3 Å². The molecule has 1 aliphatic rings. The molecule has 1 heterocycles. The second-order valence-corrected chi connectivity index (χ2v) is 4.81. The lowest BCUT2D eigenvalue weighted by Crippen LogP contribution is -2.11. The summed E-state index contributed by atoms with van der Waals surface area (Å²) in [7, 11) is 0. The van der Waals surface area contributed by atoms with E-state index in [2.05, 4.69) is 5.32 Å². The SMILES string of the molecule is N#Cc1cc(NCCC2CCOC2)ccc1C(F)(F)F. The lowest BCUT2D eigenvalue weighted by atomic mass is 10.0. The van der Waals surface area contributed by atoms with Gasteiger partial charge in [0.2, 0.25) is 0 Å². The number of nitrogens with one attached hydrogen (secondary N) is 1. The van der Waals surface area contributed by atoms with Gasteiger partial charge in [0, 0.05) is 25.4 Å². The molecule has 1 atom stereocenters. The summed E-state index contributed by atoms with van der Waals surface area (Å²) in [6.07, 6.45) is -2.56. The van der Waals surface area contributed by atoms with Crippen molar-refractivity contribution < 1.29 is 17.9 Å². The molecule has 1 N–H and O–H groups in total. The van der Waals surface area contributed by atoms with Gasteiger partial charge in [0.1, 0.15) is 0 Å². The molecule has 1 aliphatic heterocycles. The van der Waals surface area contributed by atoms with Crippen molar-refractivity contribution in [2.24, 2.45) is 5.92 Å². The molecular weight excluding hydrogens is 269 g/mol. The monoisotopic (exact) mass is 284 g/mol. The van der Waals surface area contributed by atoms with E-state index in [1.165, 1.54) is 12.1 Å². The Morgan fingerprint density at radius 2 is 2.20 bits per heavy atom. The lowest BCUT2D eigenvalue weighted by molar-refractivity contribution is -0.137. The maximum atomic E-state index is 12.6. The fourth-order valence-corrected chi connectivity index (χ4v) is 2.23. The highest BCUT2D eigenvalue weighted by atomic mass is 19.4. The average molecular weight is 284 g/mol. The Morgan fingerprint density at radius 1 is 1.40 bits per heavy atom. The molecule has 0 amide bonds. The molecule has 1 unspecified atom stereocenters. The maximum absolute atomic E-state index is 12.6. The van der Waals surface area contributed by atoms with Crippen LogP contribution < -0.4 is 5.32 Å². The van der Waals surface area contributed by atoms with Crippen molar-refractivity contribution in [1.29, 1.82) is 5.26 Å². The molecule has 6 heteroatoms. The van der Waals surface area contributed by atoms with E-state index >= 15 is 0 Å². The zero-order chi connectivity index (χ0) is 14.6. The Hall–Kier alpha value is -1.74. The van der Waals surface area contributed by atoms with E-state index in [0.29, 0.717) is 18.2 Å². The van der Waals surface area contributed by atoms with Crippen molar-refractivity contribution in [1.82, 2.24) is 0 Å². The molecule has 0 radical (unpaired) electrons. The van der Waals surface area contributed by atoms with Crippen LogP contribution in [0.1, 0.15) is 24.0 Å². The molecule has 1 aromatic carbocycles. The topological polar surface area (TPSA) is 45.0 Å². The van der Waals surface area contributed by atoms with Crippen LogP contribution in [0.4, 0.5) is 18.9 Å². The summed E-state index contributed by atoms with van der Waals surface area (Å²) < 4.78 is 43.2. The summed E-state index contributed by atoms with van der Waals surface area (Å²) in [5.74, 6) is 0.507. The maximum Gasteiger partial charge on any atom is 0.417 e. The third-order valence-electron chi connectivity index (χ3n) is 3.35. The van der Waals surface area contributed by atoms with E-state index < -0.39 is 11.7 Å². The molecule has 0 bridgehead atoms. The second kappa shape index (κ2) is 6.14. The van der Waals surface area contributed by atoms with Crippen LogP contribution in [0.2, 0.25) is 0 Å². The van der Waals surface area contributed by atoms with Gasteiger partial charge in [-0.25, -0.2) is 0 Å². The molecule has 3 nitrogen and oxygen atoms in total. The van der Waals surface area contributed by atoms with E-state index in [-0.39, 0.29) is 5.56 Å². The number of hydrogen-bond acceptors (Lipinski definition) is 3. The molecule has 0 saturated carbocycles. The van der Waals surface area contributed by atoms with Gasteiger partial charge in [0.25, 0.3) is 0 Å². The largest absolute Gasteiger partial charge is 0.417 e. The zero-order valence-corrected chi connectivity index (χ0v) is 10.8. The number of alkyl halides is 3. The Kier molecular flexibility index (Phi) is 4.50. The van der Waals surface area contributed by atoms with Crippen LogP contribution in [0.5, 0.6) is 0 Å². The van der Waals surface area contributed by atoms with Crippen LogP contribution in [0, 0.1) is 17.2 Å². The van der Waals surface area contributed by atoms with Crippen LogP contribution in [-0.2, 0) is 10.9 Å². The minimum atomic E-state index is -4.50. The zero-order valence-electron chi connectivity index (χ0n) is 10.8. The summed E-state index contributed by atoms with van der Waals surface area (Å²) >= 11 is 0. The van der Waals surface area contributed by atoms with Gasteiger partial charge in [-0.1, -0.05) is 0 Å². The molecule has 1 fully saturated rings. The molecule has 108 valence electrons. The highest BCUT2D eigenvalue weighted by Crippen LogP contribution is 2.33. The summed E-state index contributed by atoms with van der Waals surface area (Å²) in [5.41, 5.74) is -0.713. The molecule has 0 spiro atoms. The van der Waals surface area contributed by atoms with E-state index in [9.17, 15) is 13.2 Å². The van der Waals surface area contributed by atoms with Gasteiger partial charge in [-0.3, -0.25) is 0 Å². The fraction of sp³-hybridized carbons (Fsp3) is 0.500. The van der Waals surface area contributed by atoms with Crippen molar-refractivity contribution in [2.45, 2.75) is 19.0 Å². The standard InChI is InChI=1S/C14H15F3N2O/c15-14(16,17)13-2-1-12(7-11(13)8-18)19-5-3-10-4-6-20-9-10/h1-2,7,10,19H,3-6,9H2. The number of ether oxygens (including phenoxy) is 1. The normalized spacial score (nSPS) is 18.8. The molecule has 1 aromatic rings. The first-order valence-electron chi connectivity index (χ1n) is 6.43. The fourth-order valence-electron chi connectivity index (χ4n) is 2.23. The van der Waals surface area contributed by atoms with Gasteiger partial charge in [0.05, 0.1) is 17.2 Å². The summed E-state index contributed by atoms with van der Waals surface area (Å²) in [4.78, 5) is 0. The van der Waals surface area contributed by atoms with Gasteiger partial charge >= 0.3 is 6.18 Å². The molecule has 1 saturated heterocycles. The number of rotatable bonds is 4. The summed E-state index contributed by atoms with van der Waals surface area (Å²) in [6, 6.07) is 5.14. The predicted molar refractivity (Wildman–Crippen MR) is 68.2 cm³/mol. The predicted octanol–water partition coefficient (Wildman–Crippen LogP) is 3.42. The van der Waals surface area contributed by atoms with Gasteiger partial charge in [-0.2, -0.15) is 18.4 Å². The van der Waals surface area contributed by atoms with E-state index in [1.807, 2.05) is 0 Å². The molecule has 20 heavy (non-hydrogen) atoms. The van der Waals surface area contributed by atoms with E-state index in [4.69, 9.17) is 10.00 Å². The van der Waals surface area contributed by atoms with Crippen molar-refractivity contribution >= 4 is 5.69 Å². The highest BCUT2D eigenvalue weighted by Gasteiger charge is 2.33. The number of nitriles is 1.